The average Bonchev–Trinajstić information content (AvgIpc) is 2.46. The largest absolute Gasteiger partial charge is 0.382 e. The Bertz CT molecular complexity index is 784. The zero-order valence-electron chi connectivity index (χ0n) is 12.6. The lowest BCUT2D eigenvalue weighted by atomic mass is 9.86. The molecule has 0 bridgehead atoms. The van der Waals surface area contributed by atoms with Gasteiger partial charge in [0.05, 0.1) is 11.0 Å². The van der Waals surface area contributed by atoms with Crippen LogP contribution in [0.1, 0.15) is 26.3 Å². The van der Waals surface area contributed by atoms with Gasteiger partial charge in [-0.1, -0.05) is 57.2 Å². The van der Waals surface area contributed by atoms with Crippen molar-refractivity contribution in [2.45, 2.75) is 26.2 Å². The maximum atomic E-state index is 6.07. The van der Waals surface area contributed by atoms with Gasteiger partial charge in [0.2, 0.25) is 0 Å². The van der Waals surface area contributed by atoms with E-state index in [2.05, 4.69) is 55.0 Å². The van der Waals surface area contributed by atoms with Crippen LogP contribution in [0.5, 0.6) is 0 Å². The standard InChI is InChI=1S/C18H19N3/c1-18(2,3)13-10-8-12(9-11-13)16-17(19)21-15-7-5-4-6-14(15)20-16/h4-11H,1-3H3,(H2,19,21). The van der Waals surface area contributed by atoms with Crippen LogP contribution in [0.3, 0.4) is 0 Å². The Morgan fingerprint density at radius 2 is 1.38 bits per heavy atom. The minimum absolute atomic E-state index is 0.138. The Hall–Kier alpha value is -2.42. The fraction of sp³-hybridized carbons (Fsp3) is 0.222. The van der Waals surface area contributed by atoms with Gasteiger partial charge in [0.15, 0.2) is 5.82 Å². The summed E-state index contributed by atoms with van der Waals surface area (Å²) in [6, 6.07) is 16.2. The number of benzene rings is 2. The smallest absolute Gasteiger partial charge is 0.150 e. The van der Waals surface area contributed by atoms with Crippen molar-refractivity contribution >= 4 is 16.9 Å². The van der Waals surface area contributed by atoms with Crippen molar-refractivity contribution in [2.24, 2.45) is 0 Å². The molecule has 2 aromatic carbocycles. The Labute approximate surface area is 124 Å². The third kappa shape index (κ3) is 2.59. The fourth-order valence-electron chi connectivity index (χ4n) is 2.35. The summed E-state index contributed by atoms with van der Waals surface area (Å²) in [5.74, 6) is 0.470. The van der Waals surface area contributed by atoms with E-state index < -0.39 is 0 Å². The molecule has 0 amide bonds. The minimum Gasteiger partial charge on any atom is -0.382 e. The summed E-state index contributed by atoms with van der Waals surface area (Å²) in [4.78, 5) is 9.09. The Kier molecular flexibility index (Phi) is 3.13. The van der Waals surface area contributed by atoms with Crippen LogP contribution in [0.15, 0.2) is 48.5 Å². The molecule has 0 saturated heterocycles. The van der Waals surface area contributed by atoms with E-state index in [-0.39, 0.29) is 5.41 Å². The molecule has 2 N–H and O–H groups in total. The van der Waals surface area contributed by atoms with Crippen molar-refractivity contribution in [1.29, 1.82) is 0 Å². The molecule has 1 heterocycles. The number of hydrogen-bond acceptors (Lipinski definition) is 3. The maximum Gasteiger partial charge on any atom is 0.150 e. The van der Waals surface area contributed by atoms with Crippen LogP contribution in [0.4, 0.5) is 5.82 Å². The summed E-state index contributed by atoms with van der Waals surface area (Å²) in [5, 5.41) is 0. The topological polar surface area (TPSA) is 51.8 Å². The van der Waals surface area contributed by atoms with E-state index in [1.807, 2.05) is 24.3 Å². The molecule has 21 heavy (non-hydrogen) atoms. The Morgan fingerprint density at radius 1 is 0.810 bits per heavy atom. The molecule has 3 heteroatoms. The molecule has 3 rings (SSSR count). The van der Waals surface area contributed by atoms with Crippen LogP contribution < -0.4 is 5.73 Å². The quantitative estimate of drug-likeness (QED) is 0.726. The molecular weight excluding hydrogens is 258 g/mol. The van der Waals surface area contributed by atoms with Gasteiger partial charge >= 0.3 is 0 Å². The van der Waals surface area contributed by atoms with Crippen LogP contribution in [-0.4, -0.2) is 9.97 Å². The van der Waals surface area contributed by atoms with Gasteiger partial charge in [-0.05, 0) is 23.1 Å². The molecular formula is C18H19N3. The number of nitrogens with two attached hydrogens (primary N) is 1. The fourth-order valence-corrected chi connectivity index (χ4v) is 2.35. The molecule has 1 aromatic heterocycles. The van der Waals surface area contributed by atoms with Crippen molar-refractivity contribution in [2.75, 3.05) is 5.73 Å². The zero-order chi connectivity index (χ0) is 15.0. The first-order chi connectivity index (χ1) is 9.95. The molecule has 0 saturated carbocycles. The van der Waals surface area contributed by atoms with Gasteiger partial charge < -0.3 is 5.73 Å². The number of hydrogen-bond donors (Lipinski definition) is 1. The Morgan fingerprint density at radius 3 is 1.95 bits per heavy atom. The van der Waals surface area contributed by atoms with Crippen molar-refractivity contribution in [3.05, 3.63) is 54.1 Å². The van der Waals surface area contributed by atoms with Crippen molar-refractivity contribution < 1.29 is 0 Å². The first-order valence-electron chi connectivity index (χ1n) is 7.08. The second-order valence-electron chi connectivity index (χ2n) is 6.27. The molecule has 0 radical (unpaired) electrons. The van der Waals surface area contributed by atoms with E-state index in [1.165, 1.54) is 5.56 Å². The first kappa shape index (κ1) is 13.6. The summed E-state index contributed by atoms with van der Waals surface area (Å²) < 4.78 is 0. The Balaban J connectivity index is 2.09. The van der Waals surface area contributed by atoms with E-state index >= 15 is 0 Å². The van der Waals surface area contributed by atoms with Crippen LogP contribution >= 0.6 is 0 Å². The van der Waals surface area contributed by atoms with Crippen LogP contribution in [0.25, 0.3) is 22.3 Å². The monoisotopic (exact) mass is 277 g/mol. The minimum atomic E-state index is 0.138. The summed E-state index contributed by atoms with van der Waals surface area (Å²) in [5.41, 5.74) is 10.9. The summed E-state index contributed by atoms with van der Waals surface area (Å²) in [6.45, 7) is 6.60. The molecule has 0 unspecified atom stereocenters. The van der Waals surface area contributed by atoms with Crippen LogP contribution in [0, 0.1) is 0 Å². The predicted octanol–water partition coefficient (Wildman–Crippen LogP) is 4.18. The number of rotatable bonds is 1. The molecule has 3 aromatic rings. The molecule has 0 aliphatic rings. The molecule has 3 nitrogen and oxygen atoms in total. The third-order valence-electron chi connectivity index (χ3n) is 3.62. The number of nitrogens with zero attached hydrogens (tertiary/aromatic N) is 2. The highest BCUT2D eigenvalue weighted by atomic mass is 14.9. The first-order valence-corrected chi connectivity index (χ1v) is 7.08. The van der Waals surface area contributed by atoms with Gasteiger partial charge in [-0.15, -0.1) is 0 Å². The lowest BCUT2D eigenvalue weighted by Crippen LogP contribution is -2.10. The van der Waals surface area contributed by atoms with Crippen LogP contribution in [-0.2, 0) is 5.41 Å². The zero-order valence-corrected chi connectivity index (χ0v) is 12.6. The van der Waals surface area contributed by atoms with Crippen LogP contribution in [0.2, 0.25) is 0 Å². The molecule has 0 aliphatic heterocycles. The number of para-hydroxylation sites is 2. The van der Waals surface area contributed by atoms with Gasteiger partial charge in [-0.2, -0.15) is 0 Å². The van der Waals surface area contributed by atoms with E-state index in [0.29, 0.717) is 5.82 Å². The van der Waals surface area contributed by atoms with Crippen molar-refractivity contribution in [1.82, 2.24) is 9.97 Å². The summed E-state index contributed by atoms with van der Waals surface area (Å²) in [7, 11) is 0. The highest BCUT2D eigenvalue weighted by Gasteiger charge is 2.14. The van der Waals surface area contributed by atoms with Gasteiger partial charge in [-0.3, -0.25) is 0 Å². The van der Waals surface area contributed by atoms with Gasteiger partial charge in [0, 0.05) is 5.56 Å². The normalized spacial score (nSPS) is 11.8. The van der Waals surface area contributed by atoms with E-state index in [0.717, 1.165) is 22.3 Å². The number of anilines is 1. The summed E-state index contributed by atoms with van der Waals surface area (Å²) >= 11 is 0. The number of nitrogen functional groups attached to an aromatic ring is 1. The molecule has 0 aliphatic carbocycles. The molecule has 106 valence electrons. The average molecular weight is 277 g/mol. The molecule has 0 fully saturated rings. The molecule has 0 spiro atoms. The number of fused-ring (bicyclic) bond motifs is 1. The second-order valence-corrected chi connectivity index (χ2v) is 6.27. The lowest BCUT2D eigenvalue weighted by molar-refractivity contribution is 0.590. The highest BCUT2D eigenvalue weighted by Crippen LogP contribution is 2.28. The van der Waals surface area contributed by atoms with Gasteiger partial charge in [-0.25, -0.2) is 9.97 Å². The lowest BCUT2D eigenvalue weighted by Gasteiger charge is -2.19. The molecule has 0 atom stereocenters. The van der Waals surface area contributed by atoms with Crippen molar-refractivity contribution in [3.8, 4) is 11.3 Å². The van der Waals surface area contributed by atoms with Gasteiger partial charge in [0.25, 0.3) is 0 Å². The SMILES string of the molecule is CC(C)(C)c1ccc(-c2nc3ccccc3nc2N)cc1. The number of aromatic nitrogens is 2. The highest BCUT2D eigenvalue weighted by molar-refractivity contribution is 5.82. The van der Waals surface area contributed by atoms with E-state index in [4.69, 9.17) is 5.73 Å². The van der Waals surface area contributed by atoms with E-state index in [1.54, 1.807) is 0 Å². The summed E-state index contributed by atoms with van der Waals surface area (Å²) in [6.07, 6.45) is 0. The second kappa shape index (κ2) is 4.85. The third-order valence-corrected chi connectivity index (χ3v) is 3.62. The van der Waals surface area contributed by atoms with Gasteiger partial charge in [0.1, 0.15) is 5.69 Å². The van der Waals surface area contributed by atoms with Crippen molar-refractivity contribution in [3.63, 3.8) is 0 Å². The van der Waals surface area contributed by atoms with E-state index in [9.17, 15) is 0 Å². The predicted molar refractivity (Wildman–Crippen MR) is 88.1 cm³/mol. The maximum absolute atomic E-state index is 6.07.